The summed E-state index contributed by atoms with van der Waals surface area (Å²) in [6.07, 6.45) is 2.85. The number of rotatable bonds is 11. The van der Waals surface area contributed by atoms with E-state index in [9.17, 15) is 27.6 Å². The fraction of sp³-hybridized carbons (Fsp3) is 0.571. The Morgan fingerprint density at radius 3 is 2.44 bits per heavy atom. The highest BCUT2D eigenvalue weighted by Crippen LogP contribution is 2.45. The summed E-state index contributed by atoms with van der Waals surface area (Å²) in [5.41, 5.74) is -2.80. The summed E-state index contributed by atoms with van der Waals surface area (Å²) in [7, 11) is -3.90. The largest absolute Gasteiger partial charge is 0.472 e. The molecule has 13 nitrogen and oxygen atoms in total. The van der Waals surface area contributed by atoms with Gasteiger partial charge in [0.1, 0.15) is 29.3 Å². The number of alkyl carbamates (subject to hydrolysis) is 1. The first-order chi connectivity index (χ1) is 23.2. The zero-order chi connectivity index (χ0) is 36.8. The van der Waals surface area contributed by atoms with Gasteiger partial charge in [0.25, 0.3) is 5.91 Å². The SMILES string of the molecule is C=C[C@@H]1C[C@]1(NC(=O)[C@@H]1CC(Oc2nccc3ccc(Cl)cc23)CN1C(=O)C(CC(C)(C)C)NC(=O)OC(C)(C)C)C(=O)NS(=O)(=O)C1CC1. The number of benzene rings is 1. The molecule has 2 aliphatic carbocycles. The number of hydrogen-bond donors (Lipinski definition) is 3. The molecule has 1 saturated heterocycles. The van der Waals surface area contributed by atoms with E-state index >= 15 is 0 Å². The number of aromatic nitrogens is 1. The summed E-state index contributed by atoms with van der Waals surface area (Å²) < 4.78 is 39.2. The third kappa shape index (κ3) is 8.68. The van der Waals surface area contributed by atoms with Crippen molar-refractivity contribution in [1.29, 1.82) is 0 Å². The molecule has 1 aromatic heterocycles. The maximum Gasteiger partial charge on any atom is 0.408 e. The summed E-state index contributed by atoms with van der Waals surface area (Å²) in [4.78, 5) is 60.7. The van der Waals surface area contributed by atoms with Crippen molar-refractivity contribution in [2.45, 2.75) is 108 Å². The number of halogens is 1. The van der Waals surface area contributed by atoms with Crippen molar-refractivity contribution < 1.29 is 37.1 Å². The van der Waals surface area contributed by atoms with Gasteiger partial charge in [-0.1, -0.05) is 44.5 Å². The molecule has 272 valence electrons. The van der Waals surface area contributed by atoms with E-state index < -0.39 is 79.7 Å². The van der Waals surface area contributed by atoms with Gasteiger partial charge in [-0.05, 0) is 75.5 Å². The quantitative estimate of drug-likeness (QED) is 0.286. The zero-order valence-corrected chi connectivity index (χ0v) is 30.8. The first-order valence-corrected chi connectivity index (χ1v) is 18.7. The Labute approximate surface area is 297 Å². The van der Waals surface area contributed by atoms with E-state index in [-0.39, 0.29) is 31.7 Å². The molecule has 3 fully saturated rings. The molecule has 3 aliphatic rings. The summed E-state index contributed by atoms with van der Waals surface area (Å²) >= 11 is 6.27. The van der Waals surface area contributed by atoms with Crippen LogP contribution in [0.4, 0.5) is 4.79 Å². The van der Waals surface area contributed by atoms with Crippen LogP contribution in [0.2, 0.25) is 5.02 Å². The van der Waals surface area contributed by atoms with Crippen LogP contribution in [-0.2, 0) is 29.1 Å². The van der Waals surface area contributed by atoms with Gasteiger partial charge in [0, 0.05) is 28.9 Å². The molecule has 0 radical (unpaired) electrons. The highest BCUT2D eigenvalue weighted by Gasteiger charge is 2.62. The van der Waals surface area contributed by atoms with Gasteiger partial charge in [0.15, 0.2) is 0 Å². The molecular formula is C35H46ClN5O8S. The smallest absolute Gasteiger partial charge is 0.408 e. The predicted molar refractivity (Wildman–Crippen MR) is 188 cm³/mol. The Morgan fingerprint density at radius 2 is 1.84 bits per heavy atom. The molecule has 2 aromatic rings. The minimum atomic E-state index is -3.90. The molecule has 0 spiro atoms. The number of hydrogen-bond acceptors (Lipinski definition) is 9. The van der Waals surface area contributed by atoms with Crippen LogP contribution in [0.25, 0.3) is 10.8 Å². The number of carbonyl (C=O) groups excluding carboxylic acids is 4. The van der Waals surface area contributed by atoms with Crippen LogP contribution < -0.4 is 20.1 Å². The van der Waals surface area contributed by atoms with Crippen molar-refractivity contribution in [3.63, 3.8) is 0 Å². The Morgan fingerprint density at radius 1 is 1.14 bits per heavy atom. The van der Waals surface area contributed by atoms with E-state index in [1.54, 1.807) is 45.2 Å². The van der Waals surface area contributed by atoms with Gasteiger partial charge < -0.3 is 25.0 Å². The summed E-state index contributed by atoms with van der Waals surface area (Å²) in [6, 6.07) is 4.87. The summed E-state index contributed by atoms with van der Waals surface area (Å²) in [5.74, 6) is -2.33. The Balaban J connectivity index is 1.45. The number of ether oxygens (including phenoxy) is 2. The van der Waals surface area contributed by atoms with Crippen LogP contribution >= 0.6 is 11.6 Å². The van der Waals surface area contributed by atoms with Crippen molar-refractivity contribution in [3.8, 4) is 5.88 Å². The number of sulfonamides is 1. The molecule has 3 N–H and O–H groups in total. The minimum absolute atomic E-state index is 0.0156. The van der Waals surface area contributed by atoms with Crippen molar-refractivity contribution in [3.05, 3.63) is 48.1 Å². The normalized spacial score (nSPS) is 24.2. The average molecular weight is 732 g/mol. The molecule has 15 heteroatoms. The number of fused-ring (bicyclic) bond motifs is 1. The maximum atomic E-state index is 14.4. The van der Waals surface area contributed by atoms with E-state index in [0.717, 1.165) is 5.39 Å². The second-order valence-electron chi connectivity index (χ2n) is 15.6. The highest BCUT2D eigenvalue weighted by molar-refractivity contribution is 7.91. The van der Waals surface area contributed by atoms with Crippen molar-refractivity contribution >= 4 is 56.2 Å². The molecule has 1 aliphatic heterocycles. The molecule has 2 unspecified atom stereocenters. The molecule has 0 bridgehead atoms. The zero-order valence-electron chi connectivity index (χ0n) is 29.2. The van der Waals surface area contributed by atoms with Gasteiger partial charge in [0.2, 0.25) is 27.7 Å². The number of pyridine rings is 1. The Hall–Kier alpha value is -3.91. The minimum Gasteiger partial charge on any atom is -0.472 e. The lowest BCUT2D eigenvalue weighted by Crippen LogP contribution is -2.58. The van der Waals surface area contributed by atoms with Crippen LogP contribution in [0.15, 0.2) is 43.1 Å². The maximum absolute atomic E-state index is 14.4. The second kappa shape index (κ2) is 13.7. The van der Waals surface area contributed by atoms with E-state index in [0.29, 0.717) is 23.3 Å². The van der Waals surface area contributed by atoms with E-state index in [1.165, 1.54) is 11.0 Å². The van der Waals surface area contributed by atoms with Gasteiger partial charge in [-0.2, -0.15) is 0 Å². The van der Waals surface area contributed by atoms with E-state index in [2.05, 4.69) is 26.9 Å². The monoisotopic (exact) mass is 731 g/mol. The van der Waals surface area contributed by atoms with Crippen molar-refractivity contribution in [2.24, 2.45) is 11.3 Å². The highest BCUT2D eigenvalue weighted by atomic mass is 35.5. The number of nitrogens with zero attached hydrogens (tertiary/aromatic N) is 2. The molecule has 1 aromatic carbocycles. The lowest BCUT2D eigenvalue weighted by Gasteiger charge is -2.32. The average Bonchev–Trinajstić information content (AvgIpc) is 3.92. The molecule has 2 heterocycles. The van der Waals surface area contributed by atoms with E-state index in [4.69, 9.17) is 21.1 Å². The van der Waals surface area contributed by atoms with Crippen LogP contribution in [0.5, 0.6) is 5.88 Å². The molecule has 4 amide bonds. The topological polar surface area (TPSA) is 173 Å². The number of carbonyl (C=O) groups is 4. The van der Waals surface area contributed by atoms with Crippen molar-refractivity contribution in [2.75, 3.05) is 6.54 Å². The van der Waals surface area contributed by atoms with Gasteiger partial charge in [-0.15, -0.1) is 6.58 Å². The second-order valence-corrected chi connectivity index (χ2v) is 18.0. The molecule has 2 saturated carbocycles. The molecule has 5 atom stereocenters. The fourth-order valence-electron chi connectivity index (χ4n) is 6.22. The number of nitrogens with one attached hydrogen (secondary N) is 3. The lowest BCUT2D eigenvalue weighted by molar-refractivity contribution is -0.141. The Kier molecular flexibility index (Phi) is 10.2. The van der Waals surface area contributed by atoms with Crippen LogP contribution in [0.1, 0.15) is 73.6 Å². The van der Waals surface area contributed by atoms with Crippen LogP contribution in [0, 0.1) is 11.3 Å². The van der Waals surface area contributed by atoms with Crippen LogP contribution in [0.3, 0.4) is 0 Å². The van der Waals surface area contributed by atoms with Gasteiger partial charge in [0.05, 0.1) is 11.8 Å². The molecular weight excluding hydrogens is 686 g/mol. The van der Waals surface area contributed by atoms with Gasteiger partial charge in [-0.3, -0.25) is 19.1 Å². The first-order valence-electron chi connectivity index (χ1n) is 16.7. The standard InChI is InChI=1S/C35H46ClN5O8S/c1-8-21-17-35(21,31(44)40-50(46,47)24-11-12-24)39-28(42)27-16-23(48-29-25-15-22(36)10-9-20(25)13-14-37-29)19-41(27)30(43)26(18-33(2,3)4)38-32(45)49-34(5,6)7/h8-10,13-15,21,23-24,26-27H,1,11-12,16-19H2,2-7H3,(H,38,45)(H,39,42)(H,40,44)/t21-,23?,26?,27+,35-/m1/s1. The van der Waals surface area contributed by atoms with E-state index in [1.807, 2.05) is 26.8 Å². The third-order valence-electron chi connectivity index (χ3n) is 8.87. The predicted octanol–water partition coefficient (Wildman–Crippen LogP) is 4.24. The molecule has 50 heavy (non-hydrogen) atoms. The molecule has 5 rings (SSSR count). The third-order valence-corrected chi connectivity index (χ3v) is 10.9. The van der Waals surface area contributed by atoms with Gasteiger partial charge >= 0.3 is 6.09 Å². The number of amides is 4. The lowest BCUT2D eigenvalue weighted by atomic mass is 9.87. The summed E-state index contributed by atoms with van der Waals surface area (Å²) in [5, 5.41) is 6.78. The first kappa shape index (κ1) is 37.3. The van der Waals surface area contributed by atoms with Crippen LogP contribution in [-0.4, -0.2) is 83.2 Å². The Bertz CT molecular complexity index is 1800. The van der Waals surface area contributed by atoms with Crippen molar-refractivity contribution in [1.82, 2.24) is 25.2 Å². The fourth-order valence-corrected chi connectivity index (χ4v) is 7.76. The summed E-state index contributed by atoms with van der Waals surface area (Å²) in [6.45, 7) is 14.6. The number of likely N-dealkylation sites (tertiary alicyclic amines) is 1. The van der Waals surface area contributed by atoms with Gasteiger partial charge in [-0.25, -0.2) is 18.2 Å².